The second-order valence-corrected chi connectivity index (χ2v) is 6.17. The number of carbonyl (C=O) groups excluding carboxylic acids is 1. The highest BCUT2D eigenvalue weighted by atomic mass is 16.5. The van der Waals surface area contributed by atoms with Crippen LogP contribution in [0.4, 0.5) is 0 Å². The number of methoxy groups -OCH3 is 2. The zero-order chi connectivity index (χ0) is 18.9. The first-order valence-electron chi connectivity index (χ1n) is 8.74. The van der Waals surface area contributed by atoms with Gasteiger partial charge in [-0.15, -0.1) is 0 Å². The Morgan fingerprint density at radius 2 is 1.73 bits per heavy atom. The Hall–Kier alpha value is -2.69. The quantitative estimate of drug-likeness (QED) is 0.688. The Labute approximate surface area is 155 Å². The van der Waals surface area contributed by atoms with Gasteiger partial charge < -0.3 is 19.5 Å². The van der Waals surface area contributed by atoms with Crippen molar-refractivity contribution in [2.75, 3.05) is 20.8 Å². The molecule has 0 spiro atoms. The van der Waals surface area contributed by atoms with Crippen LogP contribution < -0.4 is 19.5 Å². The average Bonchev–Trinajstić information content (AvgIpc) is 2.66. The Bertz CT molecular complexity index is 712. The lowest BCUT2D eigenvalue weighted by Crippen LogP contribution is -2.26. The van der Waals surface area contributed by atoms with E-state index >= 15 is 0 Å². The van der Waals surface area contributed by atoms with Crippen LogP contribution in [0.1, 0.15) is 36.9 Å². The van der Waals surface area contributed by atoms with E-state index in [4.69, 9.17) is 14.2 Å². The highest BCUT2D eigenvalue weighted by Crippen LogP contribution is 2.29. The number of aryl methyl sites for hydroxylation is 1. The summed E-state index contributed by atoms with van der Waals surface area (Å²) in [7, 11) is 3.19. The summed E-state index contributed by atoms with van der Waals surface area (Å²) < 4.78 is 16.2. The minimum absolute atomic E-state index is 0.000194. The van der Waals surface area contributed by atoms with E-state index < -0.39 is 0 Å². The smallest absolute Gasteiger partial charge is 0.220 e. The molecule has 0 heterocycles. The maximum atomic E-state index is 12.1. The molecule has 0 aromatic heterocycles. The Kier molecular flexibility index (Phi) is 7.33. The normalized spacial score (nSPS) is 11.5. The largest absolute Gasteiger partial charge is 0.494 e. The molecule has 0 radical (unpaired) electrons. The maximum Gasteiger partial charge on any atom is 0.220 e. The fourth-order valence-corrected chi connectivity index (χ4v) is 2.58. The van der Waals surface area contributed by atoms with Crippen LogP contribution in [-0.2, 0) is 4.79 Å². The molecule has 0 aliphatic rings. The van der Waals surface area contributed by atoms with Gasteiger partial charge >= 0.3 is 0 Å². The standard InChI is InChI=1S/C21H27NO4/c1-15-7-10-18(11-8-15)26-13-5-6-21(23)22-16(2)17-9-12-19(24-3)20(14-17)25-4/h7-12,14,16H,5-6,13H2,1-4H3,(H,22,23). The van der Waals surface area contributed by atoms with Crippen molar-refractivity contribution in [1.29, 1.82) is 0 Å². The molecule has 0 saturated heterocycles. The summed E-state index contributed by atoms with van der Waals surface area (Å²) in [5.41, 5.74) is 2.16. The Morgan fingerprint density at radius 1 is 1.04 bits per heavy atom. The number of nitrogens with one attached hydrogen (secondary N) is 1. The summed E-state index contributed by atoms with van der Waals surface area (Å²) in [4.78, 5) is 12.1. The summed E-state index contributed by atoms with van der Waals surface area (Å²) in [6.07, 6.45) is 1.09. The zero-order valence-corrected chi connectivity index (χ0v) is 15.9. The number of rotatable bonds is 9. The van der Waals surface area contributed by atoms with Crippen molar-refractivity contribution in [3.8, 4) is 17.2 Å². The third kappa shape index (κ3) is 5.69. The van der Waals surface area contributed by atoms with Crippen LogP contribution in [0.2, 0.25) is 0 Å². The van der Waals surface area contributed by atoms with Gasteiger partial charge in [-0.2, -0.15) is 0 Å². The fraction of sp³-hybridized carbons (Fsp3) is 0.381. The van der Waals surface area contributed by atoms with Crippen LogP contribution in [0.25, 0.3) is 0 Å². The van der Waals surface area contributed by atoms with Gasteiger partial charge in [0.25, 0.3) is 0 Å². The van der Waals surface area contributed by atoms with Gasteiger partial charge in [-0.25, -0.2) is 0 Å². The molecule has 0 aliphatic heterocycles. The molecule has 0 fully saturated rings. The SMILES string of the molecule is COc1ccc(C(C)NC(=O)CCCOc2ccc(C)cc2)cc1OC. The van der Waals surface area contributed by atoms with E-state index in [1.54, 1.807) is 14.2 Å². The van der Waals surface area contributed by atoms with Crippen LogP contribution in [0.15, 0.2) is 42.5 Å². The van der Waals surface area contributed by atoms with E-state index in [2.05, 4.69) is 5.32 Å². The Morgan fingerprint density at radius 3 is 2.38 bits per heavy atom. The lowest BCUT2D eigenvalue weighted by molar-refractivity contribution is -0.121. The van der Waals surface area contributed by atoms with E-state index in [0.717, 1.165) is 11.3 Å². The van der Waals surface area contributed by atoms with E-state index in [1.807, 2.05) is 56.3 Å². The number of hydrogen-bond acceptors (Lipinski definition) is 4. The number of ether oxygens (including phenoxy) is 3. The lowest BCUT2D eigenvalue weighted by atomic mass is 10.1. The molecule has 0 saturated carbocycles. The second kappa shape index (κ2) is 9.70. The van der Waals surface area contributed by atoms with Gasteiger partial charge in [-0.05, 0) is 50.1 Å². The van der Waals surface area contributed by atoms with Crippen molar-refractivity contribution in [3.05, 3.63) is 53.6 Å². The van der Waals surface area contributed by atoms with Crippen LogP contribution in [-0.4, -0.2) is 26.7 Å². The summed E-state index contributed by atoms with van der Waals surface area (Å²) in [5, 5.41) is 3.00. The van der Waals surface area contributed by atoms with Crippen LogP contribution in [0, 0.1) is 6.92 Å². The molecule has 2 rings (SSSR count). The summed E-state index contributed by atoms with van der Waals surface area (Å²) >= 11 is 0. The van der Waals surface area contributed by atoms with E-state index in [0.29, 0.717) is 30.9 Å². The zero-order valence-electron chi connectivity index (χ0n) is 15.9. The summed E-state index contributed by atoms with van der Waals surface area (Å²) in [6, 6.07) is 13.4. The van der Waals surface area contributed by atoms with Gasteiger partial charge in [0.1, 0.15) is 5.75 Å². The Balaban J connectivity index is 1.77. The molecule has 26 heavy (non-hydrogen) atoms. The van der Waals surface area contributed by atoms with Gasteiger partial charge in [0.15, 0.2) is 11.5 Å². The molecule has 5 nitrogen and oxygen atoms in total. The van der Waals surface area contributed by atoms with Gasteiger partial charge in [0.2, 0.25) is 5.91 Å². The predicted molar refractivity (Wildman–Crippen MR) is 102 cm³/mol. The third-order valence-electron chi connectivity index (χ3n) is 4.12. The molecule has 2 aromatic carbocycles. The third-order valence-corrected chi connectivity index (χ3v) is 4.12. The van der Waals surface area contributed by atoms with Crippen molar-refractivity contribution in [3.63, 3.8) is 0 Å². The second-order valence-electron chi connectivity index (χ2n) is 6.17. The lowest BCUT2D eigenvalue weighted by Gasteiger charge is -2.16. The minimum atomic E-state index is -0.111. The first kappa shape index (κ1) is 19.6. The summed E-state index contributed by atoms with van der Waals surface area (Å²) in [5.74, 6) is 2.15. The topological polar surface area (TPSA) is 56.8 Å². The van der Waals surface area contributed by atoms with Crippen LogP contribution in [0.3, 0.4) is 0 Å². The van der Waals surface area contributed by atoms with Crippen molar-refractivity contribution in [1.82, 2.24) is 5.32 Å². The number of carbonyl (C=O) groups is 1. The van der Waals surface area contributed by atoms with Gasteiger partial charge in [-0.1, -0.05) is 23.8 Å². The molecule has 1 N–H and O–H groups in total. The minimum Gasteiger partial charge on any atom is -0.494 e. The molecule has 140 valence electrons. The molecule has 0 aliphatic carbocycles. The number of amides is 1. The first-order chi connectivity index (χ1) is 12.5. The van der Waals surface area contributed by atoms with Crippen molar-refractivity contribution >= 4 is 5.91 Å². The highest BCUT2D eigenvalue weighted by Gasteiger charge is 2.12. The monoisotopic (exact) mass is 357 g/mol. The molecule has 0 bridgehead atoms. The van der Waals surface area contributed by atoms with Gasteiger partial charge in [0.05, 0.1) is 26.9 Å². The summed E-state index contributed by atoms with van der Waals surface area (Å²) in [6.45, 7) is 4.50. The molecular weight excluding hydrogens is 330 g/mol. The van der Waals surface area contributed by atoms with E-state index in [-0.39, 0.29) is 11.9 Å². The molecule has 5 heteroatoms. The molecule has 1 atom stereocenters. The highest BCUT2D eigenvalue weighted by molar-refractivity contribution is 5.76. The van der Waals surface area contributed by atoms with Crippen LogP contribution >= 0.6 is 0 Å². The van der Waals surface area contributed by atoms with Gasteiger partial charge in [-0.3, -0.25) is 4.79 Å². The van der Waals surface area contributed by atoms with Crippen LogP contribution in [0.5, 0.6) is 17.2 Å². The average molecular weight is 357 g/mol. The molecule has 1 amide bonds. The first-order valence-corrected chi connectivity index (χ1v) is 8.74. The number of hydrogen-bond donors (Lipinski definition) is 1. The van der Waals surface area contributed by atoms with Crippen molar-refractivity contribution < 1.29 is 19.0 Å². The predicted octanol–water partition coefficient (Wildman–Crippen LogP) is 4.05. The molecule has 2 aromatic rings. The molecular formula is C21H27NO4. The molecule has 1 unspecified atom stereocenters. The number of benzene rings is 2. The van der Waals surface area contributed by atoms with E-state index in [1.165, 1.54) is 5.56 Å². The van der Waals surface area contributed by atoms with Gasteiger partial charge in [0, 0.05) is 6.42 Å². The van der Waals surface area contributed by atoms with Crippen molar-refractivity contribution in [2.24, 2.45) is 0 Å². The fourth-order valence-electron chi connectivity index (χ4n) is 2.58. The van der Waals surface area contributed by atoms with Crippen molar-refractivity contribution in [2.45, 2.75) is 32.7 Å². The van der Waals surface area contributed by atoms with E-state index in [9.17, 15) is 4.79 Å². The maximum absolute atomic E-state index is 12.1.